The van der Waals surface area contributed by atoms with Gasteiger partial charge in [-0.15, -0.1) is 34.0 Å². The number of carbonyl (C=O) groups is 8. The maximum atomic E-state index is 15.9. The predicted octanol–water partition coefficient (Wildman–Crippen LogP) is 15.3. The van der Waals surface area contributed by atoms with Gasteiger partial charge in [0.1, 0.15) is 26.4 Å². The lowest BCUT2D eigenvalue weighted by molar-refractivity contribution is -0.166. The fraction of sp³-hybridized carbons (Fsp3) is 0.0811. The Kier molecular flexibility index (Phi) is 14.2. The van der Waals surface area contributed by atoms with Gasteiger partial charge in [-0.3, -0.25) is 38.4 Å². The molecule has 0 unspecified atom stereocenters. The van der Waals surface area contributed by atoms with Crippen molar-refractivity contribution < 1.29 is 74.9 Å². The quantitative estimate of drug-likeness (QED) is 0.0252. The molecule has 0 fully saturated rings. The van der Waals surface area contributed by atoms with Crippen LogP contribution in [0.2, 0.25) is 0 Å². The van der Waals surface area contributed by atoms with Crippen LogP contribution in [-0.4, -0.2) is 47.0 Å². The first-order chi connectivity index (χ1) is 45.0. The van der Waals surface area contributed by atoms with Crippen LogP contribution in [0.15, 0.2) is 204 Å². The van der Waals surface area contributed by atoms with Gasteiger partial charge in [0.15, 0.2) is 46.4 Å². The van der Waals surface area contributed by atoms with Crippen molar-refractivity contribution in [2.24, 2.45) is 0 Å². The van der Waals surface area contributed by atoms with Crippen LogP contribution in [0.25, 0.3) is 52.5 Å². The molecule has 12 nitrogen and oxygen atoms in total. The summed E-state index contributed by atoms with van der Waals surface area (Å²) in [5.74, 6) is -12.8. The highest BCUT2D eigenvalue weighted by molar-refractivity contribution is 7.39. The van der Waals surface area contributed by atoms with Crippen molar-refractivity contribution in [3.8, 4) is 0 Å². The van der Waals surface area contributed by atoms with E-state index in [-0.39, 0.29) is 102 Å². The maximum Gasteiger partial charge on any atom is 0.333 e. The molecule has 19 heteroatoms. The summed E-state index contributed by atoms with van der Waals surface area (Å²) in [4.78, 5) is 123. The number of carbonyl (C=O) groups excluding carboxylic acids is 8. The van der Waals surface area contributed by atoms with E-state index in [2.05, 4.69) is 0 Å². The van der Waals surface area contributed by atoms with E-state index in [1.54, 1.807) is 121 Å². The monoisotopic (exact) mass is 1290 g/mol. The second kappa shape index (κ2) is 22.5. The van der Waals surface area contributed by atoms with Crippen molar-refractivity contribution in [1.29, 1.82) is 0 Å². The van der Waals surface area contributed by atoms with Crippen LogP contribution in [0.4, 0.5) is 17.6 Å². The molecular formula is C74H40F4O12S3. The van der Waals surface area contributed by atoms with E-state index in [9.17, 15) is 36.7 Å². The van der Waals surface area contributed by atoms with Gasteiger partial charge in [-0.05, 0) is 128 Å². The van der Waals surface area contributed by atoms with E-state index in [1.807, 2.05) is 0 Å². The third-order valence-corrected chi connectivity index (χ3v) is 21.0. The van der Waals surface area contributed by atoms with Crippen molar-refractivity contribution in [3.05, 3.63) is 293 Å². The van der Waals surface area contributed by atoms with Gasteiger partial charge in [-0.1, -0.05) is 121 Å². The Bertz CT molecular complexity index is 4750. The van der Waals surface area contributed by atoms with Crippen molar-refractivity contribution in [1.82, 2.24) is 0 Å². The molecule has 0 amide bonds. The summed E-state index contributed by atoms with van der Waals surface area (Å²) in [6.45, 7) is -1.49. The molecular weight excluding hydrogens is 1250 g/mol. The molecule has 4 aliphatic carbocycles. The average Bonchev–Trinajstić information content (AvgIpc) is 1.51. The summed E-state index contributed by atoms with van der Waals surface area (Å²) in [6, 6.07) is 43.1. The smallest absolute Gasteiger partial charge is 0.333 e. The molecule has 454 valence electrons. The molecule has 4 aliphatic rings. The minimum absolute atomic E-state index is 0.0176. The number of hydrogen-bond acceptors (Lipinski definition) is 15. The molecule has 0 bridgehead atoms. The van der Waals surface area contributed by atoms with Crippen LogP contribution >= 0.6 is 34.0 Å². The summed E-state index contributed by atoms with van der Waals surface area (Å²) in [6.07, 6.45) is 5.26. The molecule has 0 radical (unpaired) electrons. The molecule has 8 aromatic carbocycles. The molecule has 0 N–H and O–H groups in total. The third-order valence-electron chi connectivity index (χ3n) is 17.0. The van der Waals surface area contributed by atoms with E-state index in [1.165, 1.54) is 36.4 Å². The summed E-state index contributed by atoms with van der Waals surface area (Å²) < 4.78 is 84.6. The lowest BCUT2D eigenvalue weighted by atomic mass is 9.76. The Morgan fingerprint density at radius 2 is 0.613 bits per heavy atom. The minimum Gasteiger partial charge on any atom is -0.459 e. The molecule has 3 aromatic heterocycles. The van der Waals surface area contributed by atoms with Crippen molar-refractivity contribution in [2.75, 3.05) is 0 Å². The second-order valence-corrected chi connectivity index (χ2v) is 25.6. The number of rotatable bonds is 14. The van der Waals surface area contributed by atoms with E-state index in [0.717, 1.165) is 70.4 Å². The first-order valence-electron chi connectivity index (χ1n) is 28.8. The van der Waals surface area contributed by atoms with Crippen molar-refractivity contribution >= 4 is 134 Å². The van der Waals surface area contributed by atoms with E-state index in [0.29, 0.717) is 41.4 Å². The fourth-order valence-electron chi connectivity index (χ4n) is 12.5. The number of thiophene rings is 3. The lowest BCUT2D eigenvalue weighted by Crippen LogP contribution is -2.46. The van der Waals surface area contributed by atoms with Crippen LogP contribution in [0.5, 0.6) is 0 Å². The van der Waals surface area contributed by atoms with Gasteiger partial charge in [0.05, 0.1) is 29.9 Å². The zero-order valence-corrected chi connectivity index (χ0v) is 50.4. The molecule has 0 saturated heterocycles. The Morgan fingerprint density at radius 3 is 0.871 bits per heavy atom. The zero-order chi connectivity index (χ0) is 64.2. The molecule has 0 atom stereocenters. The van der Waals surface area contributed by atoms with Crippen LogP contribution in [0.1, 0.15) is 84.6 Å². The standard InChI is InChI=1S/C74H40F4O12S3/c75-53-25-41-21-47-48(22-42(41)26-54(53)76)62(80)51(61(47)79)29-45-31-57-59(73(45,69(83)87-33-37-13-5-1-6-14-37)70(84)88-34-38-15-7-2-8-16-38)65-67(91-57)68-66(93-65)60-58(92-68)32-46(30-52-63(81)49-23-43-27-55(77)56(78)28-44(43)24-50(49)64(52)82)74(60,71(85)89-35-39-17-9-3-10-18-39)72(86)90-36-40-19-11-4-12-20-40/h1-32H,33-36H2. The molecule has 15 rings (SSSR count). The number of Topliss-reactive ketones (excluding diaryl/α,β-unsaturated/α-hetero) is 4. The number of esters is 4. The van der Waals surface area contributed by atoms with Gasteiger partial charge in [0.2, 0.25) is 10.8 Å². The van der Waals surface area contributed by atoms with Gasteiger partial charge >= 0.3 is 23.9 Å². The van der Waals surface area contributed by atoms with Crippen LogP contribution < -0.4 is 0 Å². The summed E-state index contributed by atoms with van der Waals surface area (Å²) in [5, 5.41) is 0.506. The Morgan fingerprint density at radius 1 is 0.355 bits per heavy atom. The van der Waals surface area contributed by atoms with Gasteiger partial charge in [0.25, 0.3) is 0 Å². The van der Waals surface area contributed by atoms with Crippen molar-refractivity contribution in [3.63, 3.8) is 0 Å². The maximum absolute atomic E-state index is 15.9. The van der Waals surface area contributed by atoms with E-state index >= 15 is 19.2 Å². The van der Waals surface area contributed by atoms with Gasteiger partial charge in [-0.2, -0.15) is 0 Å². The highest BCUT2D eigenvalue weighted by Gasteiger charge is 2.62. The number of ether oxygens (including phenoxy) is 4. The summed E-state index contributed by atoms with van der Waals surface area (Å²) in [5.41, 5.74) is -5.10. The SMILES string of the molecule is O=C1C(=CC2=Cc3sc4c(sc5c6c(sc54)C=C(C=C4C(=O)c5cc7cc(F)c(F)cc7cc5C4=O)C6(C(=O)OCc4ccccc4)C(=O)OCc4ccccc4)c3C2(C(=O)OCc2ccccc2)C(=O)OCc2ccccc2)C(=O)c2cc3cc(F)c(F)cc3cc21. The first-order valence-corrected chi connectivity index (χ1v) is 31.3. The molecule has 3 heterocycles. The van der Waals surface area contributed by atoms with Crippen molar-refractivity contribution in [2.45, 2.75) is 37.3 Å². The van der Waals surface area contributed by atoms with E-state index in [4.69, 9.17) is 18.9 Å². The number of benzene rings is 8. The lowest BCUT2D eigenvalue weighted by Gasteiger charge is -2.28. The minimum atomic E-state index is -2.65. The highest BCUT2D eigenvalue weighted by Crippen LogP contribution is 2.61. The number of fused-ring (bicyclic) bond motifs is 11. The first kappa shape index (κ1) is 58.5. The molecule has 0 spiro atoms. The fourth-order valence-corrected chi connectivity index (χ4v) is 17.2. The highest BCUT2D eigenvalue weighted by atomic mass is 32.1. The van der Waals surface area contributed by atoms with Gasteiger partial charge < -0.3 is 18.9 Å². The largest absolute Gasteiger partial charge is 0.459 e. The zero-order valence-electron chi connectivity index (χ0n) is 47.9. The molecule has 93 heavy (non-hydrogen) atoms. The summed E-state index contributed by atoms with van der Waals surface area (Å²) in [7, 11) is 0. The van der Waals surface area contributed by atoms with Crippen LogP contribution in [-0.2, 0) is 75.4 Å². The average molecular weight is 1290 g/mol. The van der Waals surface area contributed by atoms with Gasteiger partial charge in [-0.25, -0.2) is 17.6 Å². The van der Waals surface area contributed by atoms with Crippen LogP contribution in [0.3, 0.4) is 0 Å². The number of ketones is 4. The Hall–Kier alpha value is -10.9. The Balaban J connectivity index is 0.938. The number of halogens is 4. The Labute approximate surface area is 535 Å². The summed E-state index contributed by atoms with van der Waals surface area (Å²) >= 11 is 3.21. The van der Waals surface area contributed by atoms with E-state index < -0.39 is 92.3 Å². The van der Waals surface area contributed by atoms with Gasteiger partial charge in [0, 0.05) is 43.1 Å². The molecule has 0 aliphatic heterocycles. The second-order valence-electron chi connectivity index (χ2n) is 22.5. The topological polar surface area (TPSA) is 173 Å². The van der Waals surface area contributed by atoms with Crippen LogP contribution in [0, 0.1) is 23.3 Å². The number of allylic oxidation sites excluding steroid dienone is 4. The number of hydrogen-bond donors (Lipinski definition) is 0. The third kappa shape index (κ3) is 9.35. The molecule has 11 aromatic rings. The predicted molar refractivity (Wildman–Crippen MR) is 341 cm³/mol. The normalized spacial score (nSPS) is 14.9. The molecule has 0 saturated carbocycles.